The van der Waals surface area contributed by atoms with Gasteiger partial charge in [-0.2, -0.15) is 4.31 Å². The minimum Gasteiger partial charge on any atom is -0.280 e. The SMILES string of the molecule is O=S(=O)(Nc1ccccc1)c1ccc(S(=O)(=O)N2CCCC2)cc1. The van der Waals surface area contributed by atoms with Crippen molar-refractivity contribution in [2.75, 3.05) is 17.8 Å². The van der Waals surface area contributed by atoms with Gasteiger partial charge in [-0.1, -0.05) is 18.2 Å². The van der Waals surface area contributed by atoms with Crippen molar-refractivity contribution in [3.63, 3.8) is 0 Å². The molecule has 0 aliphatic carbocycles. The summed E-state index contributed by atoms with van der Waals surface area (Å²) in [5.74, 6) is 0. The van der Waals surface area contributed by atoms with Crippen molar-refractivity contribution >= 4 is 25.7 Å². The van der Waals surface area contributed by atoms with E-state index in [0.29, 0.717) is 18.8 Å². The zero-order valence-electron chi connectivity index (χ0n) is 12.9. The minimum atomic E-state index is -3.75. The number of hydrogen-bond acceptors (Lipinski definition) is 4. The van der Waals surface area contributed by atoms with Crippen LogP contribution in [-0.2, 0) is 20.0 Å². The van der Waals surface area contributed by atoms with Gasteiger partial charge in [0.1, 0.15) is 0 Å². The lowest BCUT2D eigenvalue weighted by Gasteiger charge is -2.15. The summed E-state index contributed by atoms with van der Waals surface area (Å²) in [4.78, 5) is 0.134. The molecule has 1 aliphatic heterocycles. The van der Waals surface area contributed by atoms with Crippen molar-refractivity contribution in [2.45, 2.75) is 22.6 Å². The Kier molecular flexibility index (Phi) is 4.62. The zero-order valence-corrected chi connectivity index (χ0v) is 14.6. The quantitative estimate of drug-likeness (QED) is 0.880. The van der Waals surface area contributed by atoms with Crippen LogP contribution in [0.15, 0.2) is 64.4 Å². The van der Waals surface area contributed by atoms with Crippen molar-refractivity contribution < 1.29 is 16.8 Å². The van der Waals surface area contributed by atoms with Crippen LogP contribution in [0.4, 0.5) is 5.69 Å². The summed E-state index contributed by atoms with van der Waals surface area (Å²) in [6, 6.07) is 13.8. The van der Waals surface area contributed by atoms with Crippen molar-refractivity contribution in [2.24, 2.45) is 0 Å². The van der Waals surface area contributed by atoms with Crippen LogP contribution in [0.2, 0.25) is 0 Å². The Balaban J connectivity index is 1.84. The van der Waals surface area contributed by atoms with E-state index in [2.05, 4.69) is 4.72 Å². The Labute approximate surface area is 142 Å². The maximum Gasteiger partial charge on any atom is 0.261 e. The van der Waals surface area contributed by atoms with Crippen molar-refractivity contribution in [3.8, 4) is 0 Å². The van der Waals surface area contributed by atoms with Gasteiger partial charge in [-0.25, -0.2) is 16.8 Å². The lowest BCUT2D eigenvalue weighted by Crippen LogP contribution is -2.27. The Morgan fingerprint density at radius 1 is 0.750 bits per heavy atom. The minimum absolute atomic E-state index is 0.0201. The number of benzene rings is 2. The molecule has 128 valence electrons. The second-order valence-corrected chi connectivity index (χ2v) is 9.17. The summed E-state index contributed by atoms with van der Waals surface area (Å²) < 4.78 is 53.5. The van der Waals surface area contributed by atoms with E-state index in [1.165, 1.54) is 28.6 Å². The lowest BCUT2D eigenvalue weighted by molar-refractivity contribution is 0.477. The van der Waals surface area contributed by atoms with E-state index in [0.717, 1.165) is 12.8 Å². The van der Waals surface area contributed by atoms with Crippen LogP contribution >= 0.6 is 0 Å². The first-order valence-electron chi connectivity index (χ1n) is 7.58. The van der Waals surface area contributed by atoms with Crippen molar-refractivity contribution in [3.05, 3.63) is 54.6 Å². The molecule has 0 spiro atoms. The molecule has 1 aliphatic rings. The van der Waals surface area contributed by atoms with Crippen LogP contribution in [0.3, 0.4) is 0 Å². The molecule has 24 heavy (non-hydrogen) atoms. The molecule has 0 aromatic heterocycles. The lowest BCUT2D eigenvalue weighted by atomic mass is 10.3. The van der Waals surface area contributed by atoms with Crippen LogP contribution in [0.25, 0.3) is 0 Å². The summed E-state index contributed by atoms with van der Waals surface area (Å²) in [7, 11) is -7.29. The van der Waals surface area contributed by atoms with Gasteiger partial charge < -0.3 is 0 Å². The standard InChI is InChI=1S/C16H18N2O4S2/c19-23(20,17-14-6-2-1-3-7-14)15-8-10-16(11-9-15)24(21,22)18-12-4-5-13-18/h1-3,6-11,17H,4-5,12-13H2. The zero-order chi connectivity index (χ0) is 17.2. The summed E-state index contributed by atoms with van der Waals surface area (Å²) in [5.41, 5.74) is 0.450. The van der Waals surface area contributed by atoms with Crippen molar-refractivity contribution in [1.82, 2.24) is 4.31 Å². The summed E-state index contributed by atoms with van der Waals surface area (Å²) >= 11 is 0. The number of para-hydroxylation sites is 1. The first-order valence-corrected chi connectivity index (χ1v) is 10.5. The molecule has 0 atom stereocenters. The second kappa shape index (κ2) is 6.54. The molecule has 0 amide bonds. The monoisotopic (exact) mass is 366 g/mol. The molecule has 2 aromatic carbocycles. The maximum absolute atomic E-state index is 12.4. The Morgan fingerprint density at radius 3 is 1.88 bits per heavy atom. The first-order chi connectivity index (χ1) is 11.4. The summed E-state index contributed by atoms with van der Waals surface area (Å²) in [6.45, 7) is 1.02. The number of hydrogen-bond donors (Lipinski definition) is 1. The average molecular weight is 366 g/mol. The van der Waals surface area contributed by atoms with E-state index in [1.807, 2.05) is 0 Å². The topological polar surface area (TPSA) is 83.5 Å². The van der Waals surface area contributed by atoms with Crippen LogP contribution < -0.4 is 4.72 Å². The van der Waals surface area contributed by atoms with Crippen LogP contribution in [0, 0.1) is 0 Å². The molecule has 1 N–H and O–H groups in total. The highest BCUT2D eigenvalue weighted by molar-refractivity contribution is 7.92. The molecule has 0 saturated carbocycles. The molecule has 0 unspecified atom stereocenters. The van der Waals surface area contributed by atoms with E-state index in [1.54, 1.807) is 30.3 Å². The molecular formula is C16H18N2O4S2. The van der Waals surface area contributed by atoms with E-state index in [-0.39, 0.29) is 9.79 Å². The Morgan fingerprint density at radius 2 is 1.29 bits per heavy atom. The van der Waals surface area contributed by atoms with E-state index >= 15 is 0 Å². The third-order valence-corrected chi connectivity index (χ3v) is 7.17. The van der Waals surface area contributed by atoms with Gasteiger partial charge in [0.25, 0.3) is 10.0 Å². The van der Waals surface area contributed by atoms with Crippen LogP contribution in [0.1, 0.15) is 12.8 Å². The highest BCUT2D eigenvalue weighted by atomic mass is 32.2. The smallest absolute Gasteiger partial charge is 0.261 e. The van der Waals surface area contributed by atoms with E-state index in [4.69, 9.17) is 0 Å². The van der Waals surface area contributed by atoms with Crippen LogP contribution in [0.5, 0.6) is 0 Å². The van der Waals surface area contributed by atoms with Gasteiger partial charge in [0.2, 0.25) is 10.0 Å². The third kappa shape index (κ3) is 3.45. The second-order valence-electron chi connectivity index (χ2n) is 5.55. The van der Waals surface area contributed by atoms with Gasteiger partial charge in [0.05, 0.1) is 9.79 Å². The van der Waals surface area contributed by atoms with Gasteiger partial charge >= 0.3 is 0 Å². The molecule has 3 rings (SSSR count). The maximum atomic E-state index is 12.4. The number of nitrogens with zero attached hydrogens (tertiary/aromatic N) is 1. The fraction of sp³-hybridized carbons (Fsp3) is 0.250. The van der Waals surface area contributed by atoms with Gasteiger partial charge in [-0.15, -0.1) is 0 Å². The number of anilines is 1. The van der Waals surface area contributed by atoms with Gasteiger partial charge in [-0.05, 0) is 49.2 Å². The normalized spacial score (nSPS) is 16.2. The first kappa shape index (κ1) is 16.9. The fourth-order valence-electron chi connectivity index (χ4n) is 2.59. The predicted octanol–water partition coefficient (Wildman–Crippen LogP) is 2.27. The van der Waals surface area contributed by atoms with Gasteiger partial charge in [0, 0.05) is 18.8 Å². The highest BCUT2D eigenvalue weighted by Gasteiger charge is 2.27. The van der Waals surface area contributed by atoms with E-state index in [9.17, 15) is 16.8 Å². The number of sulfonamides is 2. The molecule has 1 saturated heterocycles. The largest absolute Gasteiger partial charge is 0.280 e. The molecule has 8 heteroatoms. The number of rotatable bonds is 5. The van der Waals surface area contributed by atoms with Gasteiger partial charge in [0.15, 0.2) is 0 Å². The molecule has 2 aromatic rings. The Hall–Kier alpha value is -1.90. The molecule has 6 nitrogen and oxygen atoms in total. The molecule has 0 radical (unpaired) electrons. The molecule has 1 fully saturated rings. The third-order valence-electron chi connectivity index (χ3n) is 3.86. The van der Waals surface area contributed by atoms with E-state index < -0.39 is 20.0 Å². The Bertz CT molecular complexity index is 902. The molecule has 0 bridgehead atoms. The highest BCUT2D eigenvalue weighted by Crippen LogP contribution is 2.23. The fourth-order valence-corrected chi connectivity index (χ4v) is 5.16. The van der Waals surface area contributed by atoms with Gasteiger partial charge in [-0.3, -0.25) is 4.72 Å². The predicted molar refractivity (Wildman–Crippen MR) is 91.7 cm³/mol. The van der Waals surface area contributed by atoms with Crippen LogP contribution in [-0.4, -0.2) is 34.2 Å². The molecular weight excluding hydrogens is 348 g/mol. The summed E-state index contributed by atoms with van der Waals surface area (Å²) in [6.07, 6.45) is 1.71. The molecule has 1 heterocycles. The van der Waals surface area contributed by atoms with Crippen molar-refractivity contribution in [1.29, 1.82) is 0 Å². The number of nitrogens with one attached hydrogen (secondary N) is 1. The summed E-state index contributed by atoms with van der Waals surface area (Å²) in [5, 5.41) is 0. The average Bonchev–Trinajstić information content (AvgIpc) is 3.11.